The van der Waals surface area contributed by atoms with Gasteiger partial charge in [0.2, 0.25) is 5.91 Å². The highest BCUT2D eigenvalue weighted by Gasteiger charge is 2.30. The first kappa shape index (κ1) is 24.8. The van der Waals surface area contributed by atoms with Crippen molar-refractivity contribution in [1.29, 1.82) is 0 Å². The van der Waals surface area contributed by atoms with Crippen LogP contribution in [-0.2, 0) is 9.59 Å². The lowest BCUT2D eigenvalue weighted by atomic mass is 9.99. The van der Waals surface area contributed by atoms with E-state index in [0.29, 0.717) is 41.5 Å². The summed E-state index contributed by atoms with van der Waals surface area (Å²) in [7, 11) is 4.98. The molecular formula is C28H30N4O4. The quantitative estimate of drug-likeness (QED) is 0.393. The fourth-order valence-electron chi connectivity index (χ4n) is 4.19. The van der Waals surface area contributed by atoms with Gasteiger partial charge in [-0.15, -0.1) is 0 Å². The van der Waals surface area contributed by atoms with Gasteiger partial charge in [-0.1, -0.05) is 30.3 Å². The maximum Gasteiger partial charge on any atom is 0.258 e. The molecule has 0 saturated carbocycles. The molecule has 3 N–H and O–H groups in total. The lowest BCUT2D eigenvalue weighted by Gasteiger charge is -2.22. The van der Waals surface area contributed by atoms with Gasteiger partial charge < -0.3 is 30.3 Å². The summed E-state index contributed by atoms with van der Waals surface area (Å²) in [4.78, 5) is 27.1. The van der Waals surface area contributed by atoms with Crippen LogP contribution < -0.4 is 30.3 Å². The van der Waals surface area contributed by atoms with Crippen molar-refractivity contribution in [3.63, 3.8) is 0 Å². The first-order chi connectivity index (χ1) is 17.5. The molecule has 1 aliphatic heterocycles. The zero-order chi connectivity index (χ0) is 25.7. The Balaban J connectivity index is 1.77. The Morgan fingerprint density at radius 3 is 2.25 bits per heavy atom. The number of methoxy groups -OCH3 is 2. The van der Waals surface area contributed by atoms with Crippen molar-refractivity contribution >= 4 is 40.1 Å². The maximum absolute atomic E-state index is 13.2. The molecule has 3 aromatic carbocycles. The number of hydrogen-bond donors (Lipinski definition) is 3. The highest BCUT2D eigenvalue weighted by molar-refractivity contribution is 6.37. The number of anilines is 3. The molecule has 1 heterocycles. The lowest BCUT2D eigenvalue weighted by Crippen LogP contribution is -2.34. The number of nitrogens with zero attached hydrogens (tertiary/aromatic N) is 1. The third-order valence-corrected chi connectivity index (χ3v) is 5.99. The minimum atomic E-state index is -0.224. The Morgan fingerprint density at radius 1 is 0.972 bits per heavy atom. The second-order valence-electron chi connectivity index (χ2n) is 8.27. The maximum atomic E-state index is 13.2. The van der Waals surface area contributed by atoms with E-state index in [4.69, 9.17) is 9.47 Å². The Hall–Kier alpha value is -4.30. The van der Waals surface area contributed by atoms with Crippen molar-refractivity contribution in [1.82, 2.24) is 5.32 Å². The number of likely N-dealkylation sites (N-methyl/N-ethyl adjacent to an activating group) is 1. The van der Waals surface area contributed by atoms with Crippen LogP contribution in [0.5, 0.6) is 11.5 Å². The van der Waals surface area contributed by atoms with Gasteiger partial charge in [-0.2, -0.15) is 0 Å². The van der Waals surface area contributed by atoms with Gasteiger partial charge in [-0.25, -0.2) is 0 Å². The topological polar surface area (TPSA) is 91.9 Å². The molecule has 0 saturated heterocycles. The molecule has 0 unspecified atom stereocenters. The third-order valence-electron chi connectivity index (χ3n) is 5.99. The van der Waals surface area contributed by atoms with E-state index in [0.717, 1.165) is 22.5 Å². The van der Waals surface area contributed by atoms with E-state index in [-0.39, 0.29) is 11.8 Å². The molecule has 8 nitrogen and oxygen atoms in total. The Kier molecular flexibility index (Phi) is 7.56. The number of fused-ring (bicyclic) bond motifs is 1. The average Bonchev–Trinajstić information content (AvgIpc) is 3.21. The number of rotatable bonds is 9. The number of nitrogens with one attached hydrogen (secondary N) is 3. The highest BCUT2D eigenvalue weighted by atomic mass is 16.5. The van der Waals surface area contributed by atoms with Crippen LogP contribution in [0.4, 0.5) is 17.1 Å². The van der Waals surface area contributed by atoms with Gasteiger partial charge in [0, 0.05) is 43.0 Å². The first-order valence-electron chi connectivity index (χ1n) is 11.6. The van der Waals surface area contributed by atoms with Gasteiger partial charge in [-0.3, -0.25) is 9.59 Å². The lowest BCUT2D eigenvalue weighted by molar-refractivity contribution is -0.116. The zero-order valence-electron chi connectivity index (χ0n) is 20.8. The van der Waals surface area contributed by atoms with Crippen molar-refractivity contribution in [2.75, 3.05) is 49.9 Å². The second kappa shape index (κ2) is 11.0. The van der Waals surface area contributed by atoms with Crippen LogP contribution in [0.15, 0.2) is 66.7 Å². The largest absolute Gasteiger partial charge is 0.493 e. The molecule has 0 fully saturated rings. The van der Waals surface area contributed by atoms with Gasteiger partial charge in [0.05, 0.1) is 31.2 Å². The van der Waals surface area contributed by atoms with E-state index in [1.54, 1.807) is 32.1 Å². The van der Waals surface area contributed by atoms with Crippen LogP contribution in [0.3, 0.4) is 0 Å². The molecule has 2 amide bonds. The minimum Gasteiger partial charge on any atom is -0.493 e. The molecule has 8 heteroatoms. The predicted octanol–water partition coefficient (Wildman–Crippen LogP) is 4.21. The monoisotopic (exact) mass is 486 g/mol. The van der Waals surface area contributed by atoms with E-state index >= 15 is 0 Å². The molecule has 1 aliphatic rings. The number of hydrogen-bond acceptors (Lipinski definition) is 6. The van der Waals surface area contributed by atoms with Crippen molar-refractivity contribution in [3.8, 4) is 11.5 Å². The third kappa shape index (κ3) is 5.04. The van der Waals surface area contributed by atoms with Crippen LogP contribution in [0, 0.1) is 0 Å². The summed E-state index contributed by atoms with van der Waals surface area (Å²) in [6.07, 6.45) is 0. The van der Waals surface area contributed by atoms with Crippen LogP contribution in [0.2, 0.25) is 0 Å². The average molecular weight is 487 g/mol. The summed E-state index contributed by atoms with van der Waals surface area (Å²) in [6, 6.07) is 20.8. The fourth-order valence-corrected chi connectivity index (χ4v) is 4.19. The molecular weight excluding hydrogens is 456 g/mol. The van der Waals surface area contributed by atoms with Crippen molar-refractivity contribution in [2.24, 2.45) is 0 Å². The number of ether oxygens (including phenoxy) is 2. The summed E-state index contributed by atoms with van der Waals surface area (Å²) in [5.74, 6) is 0.823. The number of carbonyl (C=O) groups is 2. The molecule has 0 atom stereocenters. The van der Waals surface area contributed by atoms with Crippen LogP contribution in [0.1, 0.15) is 18.1 Å². The van der Waals surface area contributed by atoms with Gasteiger partial charge >= 0.3 is 0 Å². The highest BCUT2D eigenvalue weighted by Crippen LogP contribution is 2.43. The first-order valence-corrected chi connectivity index (χ1v) is 11.6. The zero-order valence-corrected chi connectivity index (χ0v) is 20.8. The summed E-state index contributed by atoms with van der Waals surface area (Å²) in [6.45, 7) is 2.81. The molecule has 4 rings (SSSR count). The standard InChI is InChI=1S/C28H30N4O4/c1-18(33)32(15-14-29-2)21-12-10-20(11-13-21)30-27(19-8-6-5-7-9-19)26-22-16-24(35-3)25(36-4)17-23(22)31-28(26)34/h5-13,16-17,29-30H,14-15H2,1-4H3,(H,31,34). The summed E-state index contributed by atoms with van der Waals surface area (Å²) in [5, 5.41) is 9.46. The summed E-state index contributed by atoms with van der Waals surface area (Å²) >= 11 is 0. The van der Waals surface area contributed by atoms with E-state index in [1.807, 2.05) is 67.7 Å². The SMILES string of the molecule is CNCCN(C(C)=O)c1ccc(NC(=C2C(=O)Nc3cc(OC)c(OC)cc32)c2ccccc2)cc1. The van der Waals surface area contributed by atoms with Crippen LogP contribution in [-0.4, -0.2) is 46.2 Å². The molecule has 0 aromatic heterocycles. The number of amides is 2. The van der Waals surface area contributed by atoms with Crippen molar-refractivity contribution in [2.45, 2.75) is 6.92 Å². The van der Waals surface area contributed by atoms with E-state index in [9.17, 15) is 9.59 Å². The molecule has 36 heavy (non-hydrogen) atoms. The second-order valence-corrected chi connectivity index (χ2v) is 8.27. The van der Waals surface area contributed by atoms with Crippen LogP contribution >= 0.6 is 0 Å². The molecule has 0 spiro atoms. The summed E-state index contributed by atoms with van der Waals surface area (Å²) in [5.41, 5.74) is 4.97. The van der Waals surface area contributed by atoms with E-state index in [1.165, 1.54) is 0 Å². The Labute approximate surface area is 210 Å². The Morgan fingerprint density at radius 2 is 1.64 bits per heavy atom. The smallest absolute Gasteiger partial charge is 0.258 e. The number of benzene rings is 3. The predicted molar refractivity (Wildman–Crippen MR) is 143 cm³/mol. The molecule has 0 radical (unpaired) electrons. The number of carbonyl (C=O) groups excluding carboxylic acids is 2. The van der Waals surface area contributed by atoms with Gasteiger partial charge in [0.15, 0.2) is 11.5 Å². The van der Waals surface area contributed by atoms with Crippen LogP contribution in [0.25, 0.3) is 11.3 Å². The normalized spacial score (nSPS) is 13.5. The molecule has 0 bridgehead atoms. The van der Waals surface area contributed by atoms with Crippen molar-refractivity contribution in [3.05, 3.63) is 77.9 Å². The van der Waals surface area contributed by atoms with Gasteiger partial charge in [0.1, 0.15) is 0 Å². The van der Waals surface area contributed by atoms with E-state index in [2.05, 4.69) is 16.0 Å². The molecule has 0 aliphatic carbocycles. The Bertz CT molecular complexity index is 1290. The van der Waals surface area contributed by atoms with Gasteiger partial charge in [-0.05, 0) is 42.9 Å². The molecule has 186 valence electrons. The van der Waals surface area contributed by atoms with E-state index < -0.39 is 0 Å². The molecule has 3 aromatic rings. The van der Waals surface area contributed by atoms with Crippen molar-refractivity contribution < 1.29 is 19.1 Å². The fraction of sp³-hybridized carbons (Fsp3) is 0.214. The summed E-state index contributed by atoms with van der Waals surface area (Å²) < 4.78 is 10.9. The van der Waals surface area contributed by atoms with Gasteiger partial charge in [0.25, 0.3) is 5.91 Å². The minimum absolute atomic E-state index is 0.0262.